The topological polar surface area (TPSA) is 81.6 Å². The molecular formula is C16H25N3O2. The molecule has 5 nitrogen and oxygen atoms in total. The van der Waals surface area contributed by atoms with Gasteiger partial charge in [0.25, 0.3) is 0 Å². The molecule has 0 unspecified atom stereocenters. The van der Waals surface area contributed by atoms with Crippen LogP contribution in [0, 0.1) is 0 Å². The lowest BCUT2D eigenvalue weighted by atomic mass is 10.1. The van der Waals surface area contributed by atoms with E-state index in [-0.39, 0.29) is 5.91 Å². The molecule has 21 heavy (non-hydrogen) atoms. The molecule has 1 fully saturated rings. The van der Waals surface area contributed by atoms with Crippen molar-refractivity contribution in [3.8, 4) is 0 Å². The monoisotopic (exact) mass is 291 g/mol. The van der Waals surface area contributed by atoms with Crippen LogP contribution < -0.4 is 11.5 Å². The van der Waals surface area contributed by atoms with Crippen LogP contribution in [0.3, 0.4) is 0 Å². The highest BCUT2D eigenvalue weighted by molar-refractivity contribution is 5.92. The van der Waals surface area contributed by atoms with Crippen LogP contribution in [0.4, 0.5) is 0 Å². The molecule has 0 bridgehead atoms. The maximum Gasteiger partial charge on any atom is 0.248 e. The number of carbonyl (C=O) groups excluding carboxylic acids is 1. The minimum atomic E-state index is -0.371. The minimum absolute atomic E-state index is 0.366. The number of likely N-dealkylation sites (tertiary alicyclic amines) is 1. The Bertz CT molecular complexity index is 457. The number of amides is 1. The third-order valence-electron chi connectivity index (χ3n) is 3.85. The number of piperidine rings is 1. The molecule has 2 rings (SSSR count). The summed E-state index contributed by atoms with van der Waals surface area (Å²) in [7, 11) is 0. The second-order valence-corrected chi connectivity index (χ2v) is 5.55. The van der Waals surface area contributed by atoms with Crippen LogP contribution in [-0.2, 0) is 11.3 Å². The fraction of sp³-hybridized carbons (Fsp3) is 0.562. The van der Waals surface area contributed by atoms with Crippen LogP contribution in [0.1, 0.15) is 35.2 Å². The van der Waals surface area contributed by atoms with Gasteiger partial charge in [0.1, 0.15) is 0 Å². The van der Waals surface area contributed by atoms with Gasteiger partial charge in [-0.1, -0.05) is 12.1 Å². The summed E-state index contributed by atoms with van der Waals surface area (Å²) in [6, 6.07) is 7.56. The smallest absolute Gasteiger partial charge is 0.248 e. The first-order valence-electron chi connectivity index (χ1n) is 7.62. The van der Waals surface area contributed by atoms with E-state index < -0.39 is 0 Å². The van der Waals surface area contributed by atoms with Crippen LogP contribution in [0.15, 0.2) is 24.3 Å². The highest BCUT2D eigenvalue weighted by Crippen LogP contribution is 2.17. The number of nitrogens with zero attached hydrogens (tertiary/aromatic N) is 1. The molecule has 1 aliphatic rings. The highest BCUT2D eigenvalue weighted by Gasteiger charge is 2.19. The number of ether oxygens (including phenoxy) is 1. The minimum Gasteiger partial charge on any atom is -0.378 e. The van der Waals surface area contributed by atoms with E-state index in [9.17, 15) is 4.79 Å². The summed E-state index contributed by atoms with van der Waals surface area (Å²) >= 11 is 0. The molecule has 1 amide bonds. The number of carbonyl (C=O) groups is 1. The van der Waals surface area contributed by atoms with Gasteiger partial charge in [0, 0.05) is 31.8 Å². The molecule has 0 saturated carbocycles. The van der Waals surface area contributed by atoms with Crippen molar-refractivity contribution >= 4 is 5.91 Å². The van der Waals surface area contributed by atoms with Gasteiger partial charge in [0.2, 0.25) is 5.91 Å². The zero-order chi connectivity index (χ0) is 15.1. The number of hydrogen-bond donors (Lipinski definition) is 2. The Kier molecular flexibility index (Phi) is 6.17. The summed E-state index contributed by atoms with van der Waals surface area (Å²) in [5.74, 6) is -0.371. The normalized spacial score (nSPS) is 17.0. The van der Waals surface area contributed by atoms with E-state index >= 15 is 0 Å². The van der Waals surface area contributed by atoms with Gasteiger partial charge in [-0.05, 0) is 43.5 Å². The molecular weight excluding hydrogens is 266 g/mol. The Balaban J connectivity index is 1.78. The van der Waals surface area contributed by atoms with Gasteiger partial charge in [0.05, 0.1) is 6.10 Å². The van der Waals surface area contributed by atoms with Crippen LogP contribution >= 0.6 is 0 Å². The van der Waals surface area contributed by atoms with Crippen molar-refractivity contribution in [1.82, 2.24) is 4.90 Å². The zero-order valence-corrected chi connectivity index (χ0v) is 12.5. The molecule has 1 aromatic carbocycles. The third-order valence-corrected chi connectivity index (χ3v) is 3.85. The van der Waals surface area contributed by atoms with E-state index in [0.29, 0.717) is 18.2 Å². The van der Waals surface area contributed by atoms with E-state index in [1.54, 1.807) is 6.07 Å². The maximum atomic E-state index is 11.2. The van der Waals surface area contributed by atoms with E-state index in [2.05, 4.69) is 4.90 Å². The van der Waals surface area contributed by atoms with E-state index in [0.717, 1.165) is 51.1 Å². The van der Waals surface area contributed by atoms with Gasteiger partial charge >= 0.3 is 0 Å². The lowest BCUT2D eigenvalue weighted by Gasteiger charge is -2.32. The molecule has 5 heteroatoms. The first kappa shape index (κ1) is 15.9. The van der Waals surface area contributed by atoms with Gasteiger partial charge in [-0.15, -0.1) is 0 Å². The quantitative estimate of drug-likeness (QED) is 0.738. The average Bonchev–Trinajstić information content (AvgIpc) is 2.49. The van der Waals surface area contributed by atoms with Crippen molar-refractivity contribution in [2.45, 2.75) is 31.9 Å². The number of benzene rings is 1. The SMILES string of the molecule is NCCCOC1CCN(Cc2cccc(C(N)=O)c2)CC1. The Morgan fingerprint density at radius 1 is 1.33 bits per heavy atom. The van der Waals surface area contributed by atoms with E-state index in [1.807, 2.05) is 18.2 Å². The number of nitrogens with two attached hydrogens (primary N) is 2. The van der Waals surface area contributed by atoms with Gasteiger partial charge < -0.3 is 16.2 Å². The van der Waals surface area contributed by atoms with Crippen LogP contribution in [-0.4, -0.2) is 43.2 Å². The molecule has 0 spiro atoms. The van der Waals surface area contributed by atoms with Crippen molar-refractivity contribution in [2.24, 2.45) is 11.5 Å². The predicted molar refractivity (Wildman–Crippen MR) is 82.9 cm³/mol. The summed E-state index contributed by atoms with van der Waals surface area (Å²) in [5.41, 5.74) is 12.5. The van der Waals surface area contributed by atoms with Crippen molar-refractivity contribution < 1.29 is 9.53 Å². The first-order chi connectivity index (χ1) is 10.2. The molecule has 116 valence electrons. The third kappa shape index (κ3) is 5.12. The largest absolute Gasteiger partial charge is 0.378 e. The molecule has 0 aromatic heterocycles. The van der Waals surface area contributed by atoms with E-state index in [1.165, 1.54) is 0 Å². The van der Waals surface area contributed by atoms with Gasteiger partial charge in [0.15, 0.2) is 0 Å². The Morgan fingerprint density at radius 2 is 2.10 bits per heavy atom. The molecule has 0 atom stereocenters. The summed E-state index contributed by atoms with van der Waals surface area (Å²) in [6.45, 7) is 4.36. The lowest BCUT2D eigenvalue weighted by Crippen LogP contribution is -2.36. The number of rotatable bonds is 7. The van der Waals surface area contributed by atoms with Crippen LogP contribution in [0.2, 0.25) is 0 Å². The number of primary amides is 1. The summed E-state index contributed by atoms with van der Waals surface area (Å²) in [4.78, 5) is 13.6. The van der Waals surface area contributed by atoms with Crippen LogP contribution in [0.5, 0.6) is 0 Å². The molecule has 4 N–H and O–H groups in total. The molecule has 1 heterocycles. The Hall–Kier alpha value is -1.43. The molecule has 0 radical (unpaired) electrons. The van der Waals surface area contributed by atoms with Gasteiger partial charge in [-0.25, -0.2) is 0 Å². The second kappa shape index (κ2) is 8.12. The Morgan fingerprint density at radius 3 is 2.76 bits per heavy atom. The maximum absolute atomic E-state index is 11.2. The molecule has 1 aliphatic heterocycles. The van der Waals surface area contributed by atoms with Gasteiger partial charge in [-0.2, -0.15) is 0 Å². The second-order valence-electron chi connectivity index (χ2n) is 5.55. The van der Waals surface area contributed by atoms with Gasteiger partial charge in [-0.3, -0.25) is 9.69 Å². The Labute approximate surface area is 126 Å². The summed E-state index contributed by atoms with van der Waals surface area (Å²) in [5, 5.41) is 0. The number of hydrogen-bond acceptors (Lipinski definition) is 4. The highest BCUT2D eigenvalue weighted by atomic mass is 16.5. The molecule has 1 saturated heterocycles. The molecule has 0 aliphatic carbocycles. The van der Waals surface area contributed by atoms with Crippen molar-refractivity contribution in [2.75, 3.05) is 26.2 Å². The van der Waals surface area contributed by atoms with E-state index in [4.69, 9.17) is 16.2 Å². The lowest BCUT2D eigenvalue weighted by molar-refractivity contribution is 0.00563. The van der Waals surface area contributed by atoms with Crippen LogP contribution in [0.25, 0.3) is 0 Å². The standard InChI is InChI=1S/C16H25N3O2/c17-7-2-10-21-15-5-8-19(9-6-15)12-13-3-1-4-14(11-13)16(18)20/h1,3-4,11,15H,2,5-10,12,17H2,(H2,18,20). The summed E-state index contributed by atoms with van der Waals surface area (Å²) in [6.07, 6.45) is 3.41. The van der Waals surface area contributed by atoms with Crippen molar-refractivity contribution in [3.05, 3.63) is 35.4 Å². The predicted octanol–water partition coefficient (Wildman–Crippen LogP) is 1.12. The zero-order valence-electron chi connectivity index (χ0n) is 12.5. The fourth-order valence-electron chi connectivity index (χ4n) is 2.65. The fourth-order valence-corrected chi connectivity index (χ4v) is 2.65. The van der Waals surface area contributed by atoms with Crippen molar-refractivity contribution in [1.29, 1.82) is 0 Å². The van der Waals surface area contributed by atoms with Crippen molar-refractivity contribution in [3.63, 3.8) is 0 Å². The summed E-state index contributed by atoms with van der Waals surface area (Å²) < 4.78 is 5.80. The average molecular weight is 291 g/mol. The molecule has 1 aromatic rings. The first-order valence-corrected chi connectivity index (χ1v) is 7.62.